The van der Waals surface area contributed by atoms with Crippen molar-refractivity contribution in [1.29, 1.82) is 0 Å². The van der Waals surface area contributed by atoms with E-state index in [2.05, 4.69) is 119 Å². The Bertz CT molecular complexity index is 2410. The molecule has 14 nitrogen and oxygen atoms in total. The average Bonchev–Trinajstić information content (AvgIpc) is 3.81. The Labute approximate surface area is 492 Å². The molecular formula is C63H101N4O10SZn-. The van der Waals surface area contributed by atoms with Crippen LogP contribution in [-0.2, 0) is 57.7 Å². The number of amidine groups is 1. The predicted octanol–water partition coefficient (Wildman–Crippen LogP) is 15.0. The van der Waals surface area contributed by atoms with Gasteiger partial charge in [0, 0.05) is 72.5 Å². The summed E-state index contributed by atoms with van der Waals surface area (Å²) in [6.45, 7) is 52.6. The number of aliphatic imine (C=N–C) groups is 1. The van der Waals surface area contributed by atoms with E-state index < -0.39 is 46.6 Å². The van der Waals surface area contributed by atoms with E-state index in [0.29, 0.717) is 40.1 Å². The number of nitrogens with zero attached hydrogens (tertiary/aromatic N) is 2. The zero-order chi connectivity index (χ0) is 60.1. The number of carbonyl (C=O) groups excluding carboxylic acids is 5. The summed E-state index contributed by atoms with van der Waals surface area (Å²) in [4.78, 5) is 87.8. The first-order valence-electron chi connectivity index (χ1n) is 28.3. The fraction of sp³-hybridized carbons (Fsp3) is 0.730. The summed E-state index contributed by atoms with van der Waals surface area (Å²) in [5, 5.41) is 14.9. The number of rotatable bonds is 14. The van der Waals surface area contributed by atoms with Crippen molar-refractivity contribution < 1.29 is 67.6 Å². The average molecular weight is 1170 g/mol. The van der Waals surface area contributed by atoms with Crippen molar-refractivity contribution in [2.75, 3.05) is 17.7 Å². The smallest absolute Gasteiger partial charge is 0.342 e. The summed E-state index contributed by atoms with van der Waals surface area (Å²) >= 11 is 1.27. The number of hydrogen-bond donors (Lipinski definition) is 3. The number of aromatic amines is 1. The molecule has 16 heteroatoms. The molecule has 0 radical (unpaired) electrons. The van der Waals surface area contributed by atoms with Crippen LogP contribution in [0.25, 0.3) is 11.4 Å². The Morgan fingerprint density at radius 1 is 0.734 bits per heavy atom. The molecule has 3 N–H and O–H groups in total. The van der Waals surface area contributed by atoms with Gasteiger partial charge in [-0.1, -0.05) is 152 Å². The third kappa shape index (κ3) is 19.3. The molecule has 1 aromatic heterocycles. The van der Waals surface area contributed by atoms with Gasteiger partial charge in [-0.15, -0.1) is 11.8 Å². The van der Waals surface area contributed by atoms with E-state index in [1.807, 2.05) is 48.5 Å². The molecule has 2 heterocycles. The summed E-state index contributed by atoms with van der Waals surface area (Å²) in [7, 11) is 0. The van der Waals surface area contributed by atoms with E-state index in [1.54, 1.807) is 19.9 Å². The molecule has 0 saturated heterocycles. The number of anilines is 1. The van der Waals surface area contributed by atoms with Crippen LogP contribution in [-0.4, -0.2) is 81.4 Å². The van der Waals surface area contributed by atoms with Crippen molar-refractivity contribution >= 4 is 65.2 Å². The van der Waals surface area contributed by atoms with Crippen molar-refractivity contribution in [1.82, 2.24) is 4.98 Å². The van der Waals surface area contributed by atoms with Crippen LogP contribution in [0.4, 0.5) is 5.82 Å². The number of nitrogens with one attached hydrogen (secondary N) is 2. The Morgan fingerprint density at radius 2 is 1.15 bits per heavy atom. The molecule has 79 heavy (non-hydrogen) atoms. The Balaban J connectivity index is 0.00000412. The fourth-order valence-electron chi connectivity index (χ4n) is 11.3. The molecule has 2 aliphatic carbocycles. The normalized spacial score (nSPS) is 24.5. The number of hydrogen-bond acceptors (Lipinski definition) is 10. The second kappa shape index (κ2) is 27.8. The summed E-state index contributed by atoms with van der Waals surface area (Å²) in [6.07, 6.45) is 4.62. The van der Waals surface area contributed by atoms with E-state index >= 15 is 9.59 Å². The first kappa shape index (κ1) is 71.1. The predicted molar refractivity (Wildman–Crippen MR) is 317 cm³/mol. The van der Waals surface area contributed by atoms with Crippen LogP contribution in [0.15, 0.2) is 34.0 Å². The van der Waals surface area contributed by atoms with Crippen LogP contribution < -0.4 is 5.32 Å². The van der Waals surface area contributed by atoms with Crippen molar-refractivity contribution in [2.24, 2.45) is 73.5 Å². The van der Waals surface area contributed by atoms with Gasteiger partial charge in [-0.05, 0) is 114 Å². The molecule has 0 bridgehead atoms. The number of H-pyrrole nitrogens is 1. The van der Waals surface area contributed by atoms with Crippen LogP contribution in [0.3, 0.4) is 0 Å². The van der Waals surface area contributed by atoms with Gasteiger partial charge in [-0.25, -0.2) is 14.4 Å². The largest absolute Gasteiger partial charge is 0.481 e. The number of amides is 2. The van der Waals surface area contributed by atoms with Gasteiger partial charge in [0.05, 0.1) is 10.8 Å². The zero-order valence-corrected chi connectivity index (χ0v) is 56.8. The maximum absolute atomic E-state index is 15.3. The van der Waals surface area contributed by atoms with Crippen molar-refractivity contribution in [3.05, 3.63) is 51.1 Å². The van der Waals surface area contributed by atoms with Gasteiger partial charge < -0.3 is 39.9 Å². The minimum atomic E-state index is -0.833. The van der Waals surface area contributed by atoms with E-state index in [0.717, 1.165) is 32.6 Å². The summed E-state index contributed by atoms with van der Waals surface area (Å²) in [6, 6.07) is 0. The van der Waals surface area contributed by atoms with Gasteiger partial charge in [0.1, 0.15) is 30.2 Å². The molecule has 3 aliphatic rings. The summed E-state index contributed by atoms with van der Waals surface area (Å²) in [5.74, 6) is -2.18. The van der Waals surface area contributed by atoms with Gasteiger partial charge in [0.15, 0.2) is 5.91 Å². The Kier molecular flexibility index (Phi) is 25.0. The van der Waals surface area contributed by atoms with Crippen LogP contribution in [0.2, 0.25) is 0 Å². The first-order chi connectivity index (χ1) is 35.4. The second-order valence-corrected chi connectivity index (χ2v) is 30.1. The number of carboxylic acids is 1. The number of ether oxygens (including phenoxy) is 3. The third-order valence-electron chi connectivity index (χ3n) is 15.6. The first-order valence-corrected chi connectivity index (χ1v) is 29.4. The monoisotopic (exact) mass is 1170 g/mol. The van der Waals surface area contributed by atoms with Gasteiger partial charge in [-0.2, -0.15) is 0 Å². The van der Waals surface area contributed by atoms with Crippen LogP contribution in [0.5, 0.6) is 0 Å². The molecule has 0 aromatic carbocycles. The van der Waals surface area contributed by atoms with Crippen LogP contribution in [0, 0.1) is 68.5 Å². The number of carbonyl (C=O) groups is 6. The molecule has 2 saturated carbocycles. The molecule has 442 valence electrons. The molecule has 0 spiro atoms. The van der Waals surface area contributed by atoms with E-state index in [1.165, 1.54) is 11.8 Å². The molecule has 4 rings (SSSR count). The van der Waals surface area contributed by atoms with Crippen molar-refractivity contribution in [3.63, 3.8) is 0 Å². The molecule has 2 amide bonds. The maximum atomic E-state index is 15.3. The number of esters is 3. The molecule has 5 atom stereocenters. The fourth-order valence-corrected chi connectivity index (χ4v) is 12.0. The minimum absolute atomic E-state index is 0. The van der Waals surface area contributed by atoms with Gasteiger partial charge >= 0.3 is 17.9 Å². The standard InChI is InChI=1S/C61H98N4O8S.C2H4O2.Zn/c1-32(2)44-42(31-43-45(33(3)4)47(51(63-43)65-56(70)61(22,23)24)55(69)73-49-40(59(16,17)18)29-36(8)30-41(49)60(19,20)21)62-50(64-52(66)37(9)74-26-25-71-53(67)34(5)6)46(44)54(68)72-48-38(57(10,11)12)27-35(7)28-39(48)58(13,14)15;1-2(3)4;/h31-33,35-41,48-49H,5,25-30H2,1-4,6-24H3,(H3,62,63,64,65,66,68,69,70);1H3,(H,3,4);/p-1. The van der Waals surface area contributed by atoms with Gasteiger partial charge in [0.2, 0.25) is 5.91 Å². The van der Waals surface area contributed by atoms with Crippen molar-refractivity contribution in [3.8, 4) is 0 Å². The van der Waals surface area contributed by atoms with Crippen LogP contribution in [0.1, 0.15) is 219 Å². The number of thioether (sulfide) groups is 1. The summed E-state index contributed by atoms with van der Waals surface area (Å²) in [5.41, 5.74) is 1.21. The third-order valence-corrected chi connectivity index (χ3v) is 16.7. The molecule has 1 aliphatic heterocycles. The topological polar surface area (TPSA) is 205 Å². The van der Waals surface area contributed by atoms with E-state index in [-0.39, 0.29) is 124 Å². The second-order valence-electron chi connectivity index (χ2n) is 28.7. The molecular weight excluding hydrogens is 1070 g/mol. The minimum Gasteiger partial charge on any atom is -0.481 e. The Morgan fingerprint density at radius 3 is 1.52 bits per heavy atom. The quantitative estimate of drug-likeness (QED) is 0.0525. The van der Waals surface area contributed by atoms with Gasteiger partial charge in [-0.3, -0.25) is 14.4 Å². The SMILES string of the molecule is C=C(C)C(=O)OCCSC(C)C(=O)N=C1[N-]/C(=C\c2[nH]c(NC(=O)C(C)(C)C)c(C(=O)OC3C(C(C)(C)C)CC(C)CC3C(C)(C)C)c2C(C)C)C(C(C)C)=C1C(=O)OC1C(C(C)(C)C)CC(C)CC1C(C)(C)C.CC(=O)O.[Zn]. The number of aliphatic carboxylic acids is 1. The maximum Gasteiger partial charge on any atom is 0.342 e. The molecule has 2 fully saturated rings. The van der Waals surface area contributed by atoms with Crippen molar-refractivity contribution in [2.45, 2.75) is 215 Å². The zero-order valence-electron chi connectivity index (χ0n) is 53.0. The number of carboxylic acid groups (broad SMARTS) is 1. The van der Waals surface area contributed by atoms with E-state index in [4.69, 9.17) is 29.4 Å². The Hall–Kier alpha value is -4.04. The van der Waals surface area contributed by atoms with E-state index in [9.17, 15) is 14.4 Å². The molecule has 1 aromatic rings. The molecule has 5 unspecified atom stereocenters. The van der Waals surface area contributed by atoms with Crippen LogP contribution >= 0.6 is 11.8 Å². The van der Waals surface area contributed by atoms with Gasteiger partial charge in [0.25, 0.3) is 5.97 Å². The number of aromatic nitrogens is 1. The summed E-state index contributed by atoms with van der Waals surface area (Å²) < 4.78 is 19.0. The number of allylic oxidation sites excluding steroid dienone is 1.